The maximum absolute atomic E-state index is 6.14. The zero-order chi connectivity index (χ0) is 25.6. The van der Waals surface area contributed by atoms with Crippen LogP contribution < -0.4 is 4.74 Å². The number of benzene rings is 3. The Kier molecular flexibility index (Phi) is 5.95. The van der Waals surface area contributed by atoms with Gasteiger partial charge in [-0.3, -0.25) is 10.2 Å². The number of aromatic amines is 2. The van der Waals surface area contributed by atoms with Gasteiger partial charge in [-0.25, -0.2) is 4.98 Å². The van der Waals surface area contributed by atoms with E-state index in [0.29, 0.717) is 11.9 Å². The highest BCUT2D eigenvalue weighted by molar-refractivity contribution is 5.97. The molecule has 6 rings (SSSR count). The lowest BCUT2D eigenvalue weighted by atomic mass is 9.92. The summed E-state index contributed by atoms with van der Waals surface area (Å²) in [7, 11) is 2.18. The number of likely N-dealkylation sites (tertiary alicyclic amines) is 1. The van der Waals surface area contributed by atoms with Crippen molar-refractivity contribution < 1.29 is 4.74 Å². The highest BCUT2D eigenvalue weighted by atomic mass is 16.5. The van der Waals surface area contributed by atoms with Gasteiger partial charge in [0.1, 0.15) is 18.2 Å². The Morgan fingerprint density at radius 3 is 2.57 bits per heavy atom. The second kappa shape index (κ2) is 9.30. The summed E-state index contributed by atoms with van der Waals surface area (Å²) in [6, 6.07) is 19.5. The van der Waals surface area contributed by atoms with E-state index >= 15 is 0 Å². The molecule has 0 saturated carbocycles. The molecule has 0 amide bonds. The first-order valence-electron chi connectivity index (χ1n) is 13.1. The minimum absolute atomic E-state index is 0.147. The maximum Gasteiger partial charge on any atom is 0.181 e. The van der Waals surface area contributed by atoms with Crippen LogP contribution >= 0.6 is 0 Å². The molecule has 190 valence electrons. The lowest BCUT2D eigenvalue weighted by Crippen LogP contribution is -2.30. The fraction of sp³-hybridized carbons (Fsp3) is 0.367. The molecule has 3 heterocycles. The lowest BCUT2D eigenvalue weighted by Gasteiger charge is -2.19. The Hall–Kier alpha value is -3.71. The smallest absolute Gasteiger partial charge is 0.181 e. The number of hydrogen-bond donors (Lipinski definition) is 2. The first-order chi connectivity index (χ1) is 17.8. The van der Waals surface area contributed by atoms with Crippen LogP contribution in [0.25, 0.3) is 44.3 Å². The van der Waals surface area contributed by atoms with Crippen molar-refractivity contribution >= 4 is 21.7 Å². The van der Waals surface area contributed by atoms with E-state index in [4.69, 9.17) is 9.72 Å². The Morgan fingerprint density at radius 2 is 1.76 bits per heavy atom. The van der Waals surface area contributed by atoms with E-state index < -0.39 is 0 Å². The van der Waals surface area contributed by atoms with Gasteiger partial charge in [-0.1, -0.05) is 39.0 Å². The molecule has 1 saturated heterocycles. The van der Waals surface area contributed by atoms with Gasteiger partial charge >= 0.3 is 0 Å². The van der Waals surface area contributed by atoms with Crippen molar-refractivity contribution in [3.05, 3.63) is 60.4 Å². The summed E-state index contributed by atoms with van der Waals surface area (Å²) in [6.07, 6.45) is 3.31. The van der Waals surface area contributed by atoms with Crippen LogP contribution in [0.1, 0.15) is 39.4 Å². The normalized spacial score (nSPS) is 16.7. The predicted octanol–water partition coefficient (Wildman–Crippen LogP) is 6.23. The number of H-pyrrole nitrogens is 2. The van der Waals surface area contributed by atoms with Crippen molar-refractivity contribution in [2.75, 3.05) is 20.2 Å². The van der Waals surface area contributed by atoms with Crippen molar-refractivity contribution in [3.63, 3.8) is 0 Å². The molecule has 2 N–H and O–H groups in total. The van der Waals surface area contributed by atoms with Crippen molar-refractivity contribution in [1.82, 2.24) is 30.3 Å². The molecule has 0 unspecified atom stereocenters. The van der Waals surface area contributed by atoms with E-state index in [0.717, 1.165) is 69.6 Å². The Morgan fingerprint density at radius 1 is 0.946 bits per heavy atom. The first-order valence-corrected chi connectivity index (χ1v) is 13.1. The van der Waals surface area contributed by atoms with Crippen molar-refractivity contribution in [3.8, 4) is 28.4 Å². The topological polar surface area (TPSA) is 82.7 Å². The van der Waals surface area contributed by atoms with E-state index in [1.54, 1.807) is 0 Å². The molecule has 0 spiro atoms. The van der Waals surface area contributed by atoms with Crippen LogP contribution in [-0.2, 0) is 6.42 Å². The molecular weight excluding hydrogens is 460 g/mol. The Bertz CT molecular complexity index is 1560. The molecule has 1 atom stereocenters. The second-order valence-electron chi connectivity index (χ2n) is 11.5. The molecule has 1 fully saturated rings. The second-order valence-corrected chi connectivity index (χ2v) is 11.5. The van der Waals surface area contributed by atoms with Crippen LogP contribution in [0.2, 0.25) is 0 Å². The van der Waals surface area contributed by atoms with E-state index in [1.807, 2.05) is 12.1 Å². The van der Waals surface area contributed by atoms with Gasteiger partial charge in [0, 0.05) is 29.0 Å². The van der Waals surface area contributed by atoms with E-state index in [-0.39, 0.29) is 5.41 Å². The summed E-state index contributed by atoms with van der Waals surface area (Å²) in [6.45, 7) is 8.50. The summed E-state index contributed by atoms with van der Waals surface area (Å²) in [5, 5.41) is 18.8. The summed E-state index contributed by atoms with van der Waals surface area (Å²) in [5.41, 5.74) is 4.11. The number of ether oxygens (including phenoxy) is 1. The summed E-state index contributed by atoms with van der Waals surface area (Å²) < 4.78 is 6.14. The van der Waals surface area contributed by atoms with Crippen LogP contribution in [0.4, 0.5) is 0 Å². The number of likely N-dealkylation sites (N-methyl/N-ethyl adjacent to an activating group) is 1. The maximum atomic E-state index is 6.14. The average Bonchev–Trinajstić information content (AvgIpc) is 3.61. The summed E-state index contributed by atoms with van der Waals surface area (Å²) in [4.78, 5) is 7.13. The van der Waals surface area contributed by atoms with Crippen LogP contribution in [0.15, 0.2) is 54.6 Å². The Labute approximate surface area is 217 Å². The quantitative estimate of drug-likeness (QED) is 0.292. The molecule has 7 heteroatoms. The van der Waals surface area contributed by atoms with Gasteiger partial charge in [0.05, 0.1) is 11.2 Å². The monoisotopic (exact) mass is 494 g/mol. The van der Waals surface area contributed by atoms with Gasteiger partial charge in [-0.05, 0) is 79.0 Å². The number of nitrogens with zero attached hydrogens (tertiary/aromatic N) is 4. The largest absolute Gasteiger partial charge is 0.492 e. The molecule has 0 bridgehead atoms. The Balaban J connectivity index is 1.26. The summed E-state index contributed by atoms with van der Waals surface area (Å²) in [5.74, 6) is 2.54. The number of hydrogen-bond acceptors (Lipinski definition) is 5. The molecule has 5 aromatic rings. The zero-order valence-corrected chi connectivity index (χ0v) is 22.0. The van der Waals surface area contributed by atoms with Gasteiger partial charge in [-0.2, -0.15) is 10.2 Å². The minimum Gasteiger partial charge on any atom is -0.492 e. The van der Waals surface area contributed by atoms with Crippen molar-refractivity contribution in [1.29, 1.82) is 0 Å². The van der Waals surface area contributed by atoms with Crippen LogP contribution in [0.3, 0.4) is 0 Å². The van der Waals surface area contributed by atoms with E-state index in [2.05, 4.69) is 95.6 Å². The molecule has 3 aromatic carbocycles. The third-order valence-electron chi connectivity index (χ3n) is 7.25. The SMILES string of the molecule is CN1CCC[C@@H]1COc1ccc2cc(-c3n[nH]c4ccc(-c5n[nH]c(CC(C)(C)C)n5)cc34)ccc2c1. The third-order valence-corrected chi connectivity index (χ3v) is 7.25. The van der Waals surface area contributed by atoms with E-state index in [1.165, 1.54) is 12.8 Å². The number of nitrogens with one attached hydrogen (secondary N) is 2. The standard InChI is InChI=1S/C30H34N6O/c1-30(2,3)17-27-31-29(35-33-27)22-10-12-26-25(16-22)28(34-32-26)21-8-7-20-15-24(11-9-19(20)14-21)37-18-23-6-5-13-36(23)4/h7-12,14-16,23H,5-6,13,17-18H2,1-4H3,(H,32,34)(H,31,33,35)/t23-/m1/s1. The average molecular weight is 495 g/mol. The zero-order valence-electron chi connectivity index (χ0n) is 22.0. The van der Waals surface area contributed by atoms with Crippen LogP contribution in [0.5, 0.6) is 5.75 Å². The highest BCUT2D eigenvalue weighted by Gasteiger charge is 2.21. The van der Waals surface area contributed by atoms with Gasteiger partial charge < -0.3 is 9.64 Å². The fourth-order valence-corrected chi connectivity index (χ4v) is 5.22. The molecular formula is C30H34N6O. The van der Waals surface area contributed by atoms with Crippen LogP contribution in [0, 0.1) is 5.41 Å². The van der Waals surface area contributed by atoms with Gasteiger partial charge in [0.25, 0.3) is 0 Å². The number of aromatic nitrogens is 5. The van der Waals surface area contributed by atoms with Gasteiger partial charge in [-0.15, -0.1) is 0 Å². The van der Waals surface area contributed by atoms with Gasteiger partial charge in [0.2, 0.25) is 0 Å². The van der Waals surface area contributed by atoms with E-state index in [9.17, 15) is 0 Å². The third kappa shape index (κ3) is 4.96. The van der Waals surface area contributed by atoms with Gasteiger partial charge in [0.15, 0.2) is 5.82 Å². The summed E-state index contributed by atoms with van der Waals surface area (Å²) >= 11 is 0. The highest BCUT2D eigenvalue weighted by Crippen LogP contribution is 2.32. The molecule has 1 aliphatic heterocycles. The predicted molar refractivity (Wildman–Crippen MR) is 149 cm³/mol. The molecule has 2 aromatic heterocycles. The molecule has 0 radical (unpaired) electrons. The van der Waals surface area contributed by atoms with Crippen LogP contribution in [-0.4, -0.2) is 56.5 Å². The fourth-order valence-electron chi connectivity index (χ4n) is 5.22. The lowest BCUT2D eigenvalue weighted by molar-refractivity contribution is 0.198. The first kappa shape index (κ1) is 23.7. The molecule has 7 nitrogen and oxygen atoms in total. The molecule has 0 aliphatic carbocycles. The number of rotatable bonds is 6. The van der Waals surface area contributed by atoms with Crippen molar-refractivity contribution in [2.45, 2.75) is 46.1 Å². The molecule has 37 heavy (non-hydrogen) atoms. The minimum atomic E-state index is 0.147. The van der Waals surface area contributed by atoms with Crippen molar-refractivity contribution in [2.24, 2.45) is 5.41 Å². The molecule has 1 aliphatic rings. The number of fused-ring (bicyclic) bond motifs is 2.